The zero-order valence-electron chi connectivity index (χ0n) is 13.7. The van der Waals surface area contributed by atoms with Crippen molar-refractivity contribution in [2.75, 3.05) is 6.61 Å². The van der Waals surface area contributed by atoms with Gasteiger partial charge >= 0.3 is 12.2 Å². The Morgan fingerprint density at radius 3 is 2.50 bits per heavy atom. The van der Waals surface area contributed by atoms with Gasteiger partial charge in [0.05, 0.1) is 11.6 Å². The maximum absolute atomic E-state index is 12.9. The van der Waals surface area contributed by atoms with Gasteiger partial charge in [0.25, 0.3) is 0 Å². The number of carbonyl (C=O) groups is 1. The molecule has 3 atom stereocenters. The first kappa shape index (κ1) is 18.6. The molecule has 24 heavy (non-hydrogen) atoms. The normalized spacial score (nSPS) is 18.6. The predicted octanol–water partition coefficient (Wildman–Crippen LogP) is 3.47. The monoisotopic (exact) mass is 344 g/mol. The summed E-state index contributed by atoms with van der Waals surface area (Å²) in [5.74, 6) is 0.0495. The number of carbonyl (C=O) groups excluding carboxylic acids is 1. The van der Waals surface area contributed by atoms with Crippen molar-refractivity contribution >= 4 is 6.03 Å². The van der Waals surface area contributed by atoms with Gasteiger partial charge < -0.3 is 15.7 Å². The summed E-state index contributed by atoms with van der Waals surface area (Å²) in [6, 6.07) is 3.99. The number of alkyl halides is 3. The number of benzene rings is 1. The average Bonchev–Trinajstić information content (AvgIpc) is 3.35. The van der Waals surface area contributed by atoms with Crippen LogP contribution in [0.25, 0.3) is 0 Å². The minimum absolute atomic E-state index is 0.0544. The number of hydrogen-bond acceptors (Lipinski definition) is 2. The Bertz CT molecular complexity index is 573. The largest absolute Gasteiger partial charge is 0.416 e. The highest BCUT2D eigenvalue weighted by atomic mass is 19.4. The molecule has 2 amide bonds. The van der Waals surface area contributed by atoms with E-state index < -0.39 is 23.8 Å². The molecule has 0 aliphatic heterocycles. The fourth-order valence-electron chi connectivity index (χ4n) is 2.50. The second-order valence-corrected chi connectivity index (χ2v) is 6.50. The summed E-state index contributed by atoms with van der Waals surface area (Å²) in [7, 11) is 0. The number of nitrogens with one attached hydrogen (secondary N) is 2. The Hall–Kier alpha value is -1.76. The highest BCUT2D eigenvalue weighted by molar-refractivity contribution is 5.75. The van der Waals surface area contributed by atoms with Crippen LogP contribution < -0.4 is 10.6 Å². The molecule has 4 nitrogen and oxygen atoms in total. The molecule has 1 fully saturated rings. The lowest BCUT2D eigenvalue weighted by Gasteiger charge is -2.24. The molecular formula is C17H23F3N2O2. The summed E-state index contributed by atoms with van der Waals surface area (Å²) in [4.78, 5) is 12.1. The van der Waals surface area contributed by atoms with Crippen molar-refractivity contribution in [1.29, 1.82) is 0 Å². The van der Waals surface area contributed by atoms with Gasteiger partial charge in [-0.15, -0.1) is 0 Å². The van der Waals surface area contributed by atoms with Crippen LogP contribution in [0.1, 0.15) is 43.9 Å². The van der Waals surface area contributed by atoms with Crippen molar-refractivity contribution < 1.29 is 23.1 Å². The maximum Gasteiger partial charge on any atom is 0.416 e. The van der Waals surface area contributed by atoms with E-state index in [9.17, 15) is 18.0 Å². The second-order valence-electron chi connectivity index (χ2n) is 6.50. The van der Waals surface area contributed by atoms with Crippen LogP contribution in [0.5, 0.6) is 0 Å². The number of aliphatic hydroxyl groups is 1. The number of aliphatic hydroxyl groups excluding tert-OH is 1. The van der Waals surface area contributed by atoms with Gasteiger partial charge in [-0.05, 0) is 49.3 Å². The highest BCUT2D eigenvalue weighted by Crippen LogP contribution is 2.42. The first-order chi connectivity index (χ1) is 11.2. The Morgan fingerprint density at radius 1 is 1.29 bits per heavy atom. The molecule has 0 aromatic heterocycles. The van der Waals surface area contributed by atoms with Crippen molar-refractivity contribution in [2.24, 2.45) is 11.8 Å². The second kappa shape index (κ2) is 7.42. The van der Waals surface area contributed by atoms with E-state index in [-0.39, 0.29) is 24.5 Å². The maximum atomic E-state index is 12.9. The smallest absolute Gasteiger partial charge is 0.396 e. The van der Waals surface area contributed by atoms with Crippen molar-refractivity contribution in [2.45, 2.75) is 44.9 Å². The molecule has 1 aliphatic rings. The number of halogens is 3. The minimum Gasteiger partial charge on any atom is -0.396 e. The third-order valence-electron chi connectivity index (χ3n) is 4.45. The number of amides is 2. The molecule has 7 heteroatoms. The minimum atomic E-state index is -4.41. The molecule has 3 unspecified atom stereocenters. The Morgan fingerprint density at radius 2 is 1.96 bits per heavy atom. The van der Waals surface area contributed by atoms with Crippen LogP contribution in [0, 0.1) is 11.8 Å². The van der Waals surface area contributed by atoms with Gasteiger partial charge in [-0.2, -0.15) is 13.2 Å². The lowest BCUT2D eigenvalue weighted by molar-refractivity contribution is -0.137. The van der Waals surface area contributed by atoms with E-state index in [1.807, 2.05) is 0 Å². The number of rotatable bonds is 6. The fourth-order valence-corrected chi connectivity index (χ4v) is 2.50. The molecule has 3 N–H and O–H groups in total. The van der Waals surface area contributed by atoms with Gasteiger partial charge in [-0.1, -0.05) is 19.1 Å². The van der Waals surface area contributed by atoms with E-state index in [0.29, 0.717) is 5.56 Å². The lowest BCUT2D eigenvalue weighted by Crippen LogP contribution is -2.45. The average molecular weight is 344 g/mol. The summed E-state index contributed by atoms with van der Waals surface area (Å²) in [6.07, 6.45) is -2.65. The zero-order valence-corrected chi connectivity index (χ0v) is 13.7. The van der Waals surface area contributed by atoms with Crippen LogP contribution in [0.3, 0.4) is 0 Å². The molecule has 0 spiro atoms. The zero-order chi connectivity index (χ0) is 17.9. The Balaban J connectivity index is 2.09. The SMILES string of the molecule is CC(CO)C(C)NC(=O)NC(c1cccc(C(F)(F)F)c1)C1CC1. The molecule has 134 valence electrons. The molecule has 0 radical (unpaired) electrons. The number of urea groups is 1. The fraction of sp³-hybridized carbons (Fsp3) is 0.588. The topological polar surface area (TPSA) is 61.4 Å². The number of hydrogen-bond donors (Lipinski definition) is 3. The molecule has 1 aromatic carbocycles. The van der Waals surface area contributed by atoms with E-state index in [1.54, 1.807) is 19.9 Å². The Labute approximate surface area is 139 Å². The van der Waals surface area contributed by atoms with Crippen molar-refractivity contribution in [3.63, 3.8) is 0 Å². The van der Waals surface area contributed by atoms with Gasteiger partial charge in [0.15, 0.2) is 0 Å². The van der Waals surface area contributed by atoms with E-state index >= 15 is 0 Å². The predicted molar refractivity (Wildman–Crippen MR) is 84.3 cm³/mol. The molecule has 1 aromatic rings. The summed E-state index contributed by atoms with van der Waals surface area (Å²) in [5.41, 5.74) is -0.250. The molecular weight excluding hydrogens is 321 g/mol. The molecule has 2 rings (SSSR count). The summed E-state index contributed by atoms with van der Waals surface area (Å²) in [5, 5.41) is 14.6. The third kappa shape index (κ3) is 4.87. The van der Waals surface area contributed by atoms with Crippen LogP contribution in [-0.4, -0.2) is 23.8 Å². The lowest BCUT2D eigenvalue weighted by atomic mass is 10.00. The molecule has 1 aliphatic carbocycles. The molecule has 0 heterocycles. The first-order valence-electron chi connectivity index (χ1n) is 8.07. The van der Waals surface area contributed by atoms with Crippen LogP contribution >= 0.6 is 0 Å². The summed E-state index contributed by atoms with van der Waals surface area (Å²) >= 11 is 0. The Kier molecular flexibility index (Phi) is 5.74. The molecule has 0 bridgehead atoms. The van der Waals surface area contributed by atoms with Crippen LogP contribution in [-0.2, 0) is 6.18 Å². The standard InChI is InChI=1S/C17H23F3N2O2/c1-10(9-23)11(2)21-16(24)22-15(12-6-7-12)13-4-3-5-14(8-13)17(18,19)20/h3-5,8,10-12,15,23H,6-7,9H2,1-2H3,(H2,21,22,24). The highest BCUT2D eigenvalue weighted by Gasteiger charge is 2.36. The summed E-state index contributed by atoms with van der Waals surface area (Å²) < 4.78 is 38.7. The van der Waals surface area contributed by atoms with Gasteiger partial charge in [0.2, 0.25) is 0 Å². The third-order valence-corrected chi connectivity index (χ3v) is 4.45. The van der Waals surface area contributed by atoms with Crippen LogP contribution in [0.15, 0.2) is 24.3 Å². The molecule has 0 saturated heterocycles. The van der Waals surface area contributed by atoms with Crippen molar-refractivity contribution in [3.05, 3.63) is 35.4 Å². The quantitative estimate of drug-likeness (QED) is 0.740. The van der Waals surface area contributed by atoms with E-state index in [1.165, 1.54) is 6.07 Å². The van der Waals surface area contributed by atoms with Gasteiger partial charge in [0, 0.05) is 12.6 Å². The van der Waals surface area contributed by atoms with E-state index in [0.717, 1.165) is 25.0 Å². The van der Waals surface area contributed by atoms with E-state index in [4.69, 9.17) is 5.11 Å². The van der Waals surface area contributed by atoms with Gasteiger partial charge in [0.1, 0.15) is 0 Å². The van der Waals surface area contributed by atoms with Crippen LogP contribution in [0.2, 0.25) is 0 Å². The van der Waals surface area contributed by atoms with Gasteiger partial charge in [-0.3, -0.25) is 0 Å². The van der Waals surface area contributed by atoms with Crippen molar-refractivity contribution in [3.8, 4) is 0 Å². The molecule has 1 saturated carbocycles. The van der Waals surface area contributed by atoms with E-state index in [2.05, 4.69) is 10.6 Å². The summed E-state index contributed by atoms with van der Waals surface area (Å²) in [6.45, 7) is 3.52. The van der Waals surface area contributed by atoms with Gasteiger partial charge in [-0.25, -0.2) is 4.79 Å². The van der Waals surface area contributed by atoms with Crippen LogP contribution in [0.4, 0.5) is 18.0 Å². The van der Waals surface area contributed by atoms with Crippen molar-refractivity contribution in [1.82, 2.24) is 10.6 Å². The first-order valence-corrected chi connectivity index (χ1v) is 8.07.